The predicted octanol–water partition coefficient (Wildman–Crippen LogP) is 1.13. The van der Waals surface area contributed by atoms with Crippen LogP contribution in [0.2, 0.25) is 0 Å². The third-order valence-corrected chi connectivity index (χ3v) is 1.81. The molecular formula is C10H11ClN2O2. The van der Waals surface area contributed by atoms with Gasteiger partial charge in [-0.3, -0.25) is 4.79 Å². The maximum Gasteiger partial charge on any atom is 0.180 e. The Morgan fingerprint density at radius 1 is 1.60 bits per heavy atom. The molecule has 0 atom stereocenters. The van der Waals surface area contributed by atoms with Crippen LogP contribution in [0.1, 0.15) is 15.9 Å². The number of halogens is 1. The highest BCUT2D eigenvalue weighted by Gasteiger charge is 2.10. The molecule has 1 rings (SSSR count). The van der Waals surface area contributed by atoms with E-state index in [2.05, 4.69) is 0 Å². The second kappa shape index (κ2) is 6.02. The van der Waals surface area contributed by atoms with Gasteiger partial charge in [-0.1, -0.05) is 0 Å². The number of hydrogen-bond acceptors (Lipinski definition) is 4. The van der Waals surface area contributed by atoms with Gasteiger partial charge in [0.2, 0.25) is 0 Å². The van der Waals surface area contributed by atoms with E-state index in [-0.39, 0.29) is 24.7 Å². The summed E-state index contributed by atoms with van der Waals surface area (Å²) >= 11 is 0. The van der Waals surface area contributed by atoms with Gasteiger partial charge in [0, 0.05) is 0 Å². The summed E-state index contributed by atoms with van der Waals surface area (Å²) in [5.41, 5.74) is 6.01. The van der Waals surface area contributed by atoms with Crippen molar-refractivity contribution in [3.05, 3.63) is 29.3 Å². The molecule has 1 aromatic carbocycles. The molecule has 1 aromatic rings. The minimum atomic E-state index is -0.237. The van der Waals surface area contributed by atoms with Crippen LogP contribution < -0.4 is 10.5 Å². The van der Waals surface area contributed by atoms with E-state index >= 15 is 0 Å². The van der Waals surface area contributed by atoms with Crippen molar-refractivity contribution in [1.29, 1.82) is 5.26 Å². The van der Waals surface area contributed by atoms with Gasteiger partial charge in [0.05, 0.1) is 30.9 Å². The van der Waals surface area contributed by atoms with E-state index in [1.165, 1.54) is 13.2 Å². The van der Waals surface area contributed by atoms with Crippen molar-refractivity contribution in [2.75, 3.05) is 13.7 Å². The fraction of sp³-hybridized carbons (Fsp3) is 0.200. The molecule has 0 bridgehead atoms. The summed E-state index contributed by atoms with van der Waals surface area (Å²) < 4.78 is 4.98. The van der Waals surface area contributed by atoms with E-state index in [9.17, 15) is 4.79 Å². The summed E-state index contributed by atoms with van der Waals surface area (Å²) in [6.07, 6.45) is 0. The van der Waals surface area contributed by atoms with Crippen LogP contribution in [-0.4, -0.2) is 19.4 Å². The number of ketones is 1. The number of carbonyl (C=O) groups excluding carboxylic acids is 1. The van der Waals surface area contributed by atoms with Gasteiger partial charge in [-0.15, -0.1) is 12.4 Å². The second-order valence-corrected chi connectivity index (χ2v) is 2.65. The van der Waals surface area contributed by atoms with Gasteiger partial charge in [-0.2, -0.15) is 5.26 Å². The molecule has 0 aliphatic carbocycles. The van der Waals surface area contributed by atoms with Crippen molar-refractivity contribution >= 4 is 18.2 Å². The highest BCUT2D eigenvalue weighted by Crippen LogP contribution is 2.19. The smallest absolute Gasteiger partial charge is 0.180 e. The monoisotopic (exact) mass is 226 g/mol. The molecule has 0 spiro atoms. The minimum absolute atomic E-state index is 0. The number of benzene rings is 1. The van der Waals surface area contributed by atoms with E-state index in [0.717, 1.165) is 0 Å². The third kappa shape index (κ3) is 2.94. The zero-order valence-electron chi connectivity index (χ0n) is 8.19. The summed E-state index contributed by atoms with van der Waals surface area (Å²) in [5.74, 6) is 0.207. The third-order valence-electron chi connectivity index (χ3n) is 1.81. The summed E-state index contributed by atoms with van der Waals surface area (Å²) in [7, 11) is 1.47. The van der Waals surface area contributed by atoms with Crippen LogP contribution >= 0.6 is 12.4 Å². The zero-order chi connectivity index (χ0) is 10.6. The Labute approximate surface area is 94.1 Å². The molecule has 0 heterocycles. The van der Waals surface area contributed by atoms with E-state index in [1.807, 2.05) is 6.07 Å². The molecule has 0 saturated heterocycles. The summed E-state index contributed by atoms with van der Waals surface area (Å²) in [5, 5.41) is 8.65. The van der Waals surface area contributed by atoms with E-state index in [4.69, 9.17) is 15.7 Å². The van der Waals surface area contributed by atoms with Crippen LogP contribution in [0.5, 0.6) is 5.75 Å². The number of rotatable bonds is 3. The molecule has 5 heteroatoms. The molecule has 0 aliphatic rings. The number of carbonyl (C=O) groups is 1. The Morgan fingerprint density at radius 3 is 2.73 bits per heavy atom. The van der Waals surface area contributed by atoms with Gasteiger partial charge in [0.1, 0.15) is 5.75 Å². The SMILES string of the molecule is COc1ccc(C#N)cc1C(=O)CN.Cl. The first-order valence-corrected chi connectivity index (χ1v) is 4.04. The van der Waals surface area contributed by atoms with Gasteiger partial charge < -0.3 is 10.5 Å². The number of hydrogen-bond donors (Lipinski definition) is 1. The maximum atomic E-state index is 11.3. The van der Waals surface area contributed by atoms with Crippen molar-refractivity contribution < 1.29 is 9.53 Å². The molecule has 15 heavy (non-hydrogen) atoms. The molecule has 0 aliphatic heterocycles. The molecule has 0 fully saturated rings. The van der Waals surface area contributed by atoms with Crippen LogP contribution in [0.4, 0.5) is 0 Å². The number of nitriles is 1. The molecule has 0 amide bonds. The van der Waals surface area contributed by atoms with Gasteiger partial charge in [-0.25, -0.2) is 0 Å². The lowest BCUT2D eigenvalue weighted by Gasteiger charge is -2.06. The maximum absolute atomic E-state index is 11.3. The first kappa shape index (κ1) is 13.4. The Hall–Kier alpha value is -1.57. The Bertz CT molecular complexity index is 399. The molecule has 4 nitrogen and oxygen atoms in total. The van der Waals surface area contributed by atoms with Crippen LogP contribution in [0.3, 0.4) is 0 Å². The number of nitrogens with two attached hydrogens (primary N) is 1. The fourth-order valence-corrected chi connectivity index (χ4v) is 1.11. The van der Waals surface area contributed by atoms with E-state index in [1.54, 1.807) is 12.1 Å². The molecule has 2 N–H and O–H groups in total. The lowest BCUT2D eigenvalue weighted by Crippen LogP contribution is -2.14. The van der Waals surface area contributed by atoms with Gasteiger partial charge in [0.15, 0.2) is 5.78 Å². The van der Waals surface area contributed by atoms with Crippen molar-refractivity contribution in [2.45, 2.75) is 0 Å². The number of ether oxygens (including phenoxy) is 1. The lowest BCUT2D eigenvalue weighted by atomic mass is 10.1. The topological polar surface area (TPSA) is 76.1 Å². The first-order chi connectivity index (χ1) is 6.72. The van der Waals surface area contributed by atoms with Crippen molar-refractivity contribution in [3.8, 4) is 11.8 Å². The molecule has 0 aromatic heterocycles. The van der Waals surface area contributed by atoms with Gasteiger partial charge >= 0.3 is 0 Å². The number of methoxy groups -OCH3 is 1. The standard InChI is InChI=1S/C10H10N2O2.ClH/c1-14-10-3-2-7(5-11)4-8(10)9(13)6-12;/h2-4H,6,12H2,1H3;1H. The van der Waals surface area contributed by atoms with Gasteiger partial charge in [-0.05, 0) is 18.2 Å². The Kier molecular flexibility index (Phi) is 5.39. The molecule has 80 valence electrons. The van der Waals surface area contributed by atoms with Crippen molar-refractivity contribution in [2.24, 2.45) is 5.73 Å². The van der Waals surface area contributed by atoms with E-state index < -0.39 is 0 Å². The second-order valence-electron chi connectivity index (χ2n) is 2.65. The van der Waals surface area contributed by atoms with E-state index in [0.29, 0.717) is 16.9 Å². The van der Waals surface area contributed by atoms with Crippen molar-refractivity contribution in [1.82, 2.24) is 0 Å². The normalized spacial score (nSPS) is 8.60. The van der Waals surface area contributed by atoms with Gasteiger partial charge in [0.25, 0.3) is 0 Å². The van der Waals surface area contributed by atoms with Crippen molar-refractivity contribution in [3.63, 3.8) is 0 Å². The first-order valence-electron chi connectivity index (χ1n) is 4.04. The summed E-state index contributed by atoms with van der Waals surface area (Å²) in [6.45, 7) is -0.0920. The highest BCUT2D eigenvalue weighted by molar-refractivity contribution is 6.00. The number of nitrogens with zero attached hydrogens (tertiary/aromatic N) is 1. The van der Waals surface area contributed by atoms with Crippen LogP contribution in [-0.2, 0) is 0 Å². The highest BCUT2D eigenvalue weighted by atomic mass is 35.5. The average Bonchev–Trinajstić information content (AvgIpc) is 2.27. The largest absolute Gasteiger partial charge is 0.496 e. The summed E-state index contributed by atoms with van der Waals surface area (Å²) in [4.78, 5) is 11.3. The fourth-order valence-electron chi connectivity index (χ4n) is 1.11. The Morgan fingerprint density at radius 2 is 2.27 bits per heavy atom. The molecular weight excluding hydrogens is 216 g/mol. The average molecular weight is 227 g/mol. The Balaban J connectivity index is 0.00000196. The molecule has 0 saturated carbocycles. The van der Waals surface area contributed by atoms with Crippen LogP contribution in [0, 0.1) is 11.3 Å². The lowest BCUT2D eigenvalue weighted by molar-refractivity contribution is 0.0998. The van der Waals surface area contributed by atoms with Crippen LogP contribution in [0.25, 0.3) is 0 Å². The zero-order valence-corrected chi connectivity index (χ0v) is 9.00. The van der Waals surface area contributed by atoms with Crippen LogP contribution in [0.15, 0.2) is 18.2 Å². The number of Topliss-reactive ketones (excluding diaryl/α,β-unsaturated/α-hetero) is 1. The predicted molar refractivity (Wildman–Crippen MR) is 58.3 cm³/mol. The minimum Gasteiger partial charge on any atom is -0.496 e. The summed E-state index contributed by atoms with van der Waals surface area (Å²) in [6, 6.07) is 6.60. The molecule has 0 radical (unpaired) electrons. The molecule has 0 unspecified atom stereocenters. The quantitative estimate of drug-likeness (QED) is 0.784.